The van der Waals surface area contributed by atoms with Crippen molar-refractivity contribution in [2.24, 2.45) is 5.84 Å². The Hall–Kier alpha value is -1.95. The van der Waals surface area contributed by atoms with Crippen LogP contribution in [0, 0.1) is 10.1 Å². The van der Waals surface area contributed by atoms with Gasteiger partial charge in [0, 0.05) is 12.4 Å². The van der Waals surface area contributed by atoms with Gasteiger partial charge in [0.05, 0.1) is 17.2 Å². The Morgan fingerprint density at radius 3 is 3.00 bits per heavy atom. The summed E-state index contributed by atoms with van der Waals surface area (Å²) in [7, 11) is 0. The van der Waals surface area contributed by atoms with Crippen molar-refractivity contribution in [3.8, 4) is 0 Å². The molecule has 0 saturated carbocycles. The van der Waals surface area contributed by atoms with Gasteiger partial charge < -0.3 is 5.01 Å². The molecular weight excluding hydrogens is 196 g/mol. The van der Waals surface area contributed by atoms with Crippen molar-refractivity contribution in [1.29, 1.82) is 0 Å². The van der Waals surface area contributed by atoms with Gasteiger partial charge in [0.1, 0.15) is 0 Å². The molecule has 0 aliphatic heterocycles. The summed E-state index contributed by atoms with van der Waals surface area (Å²) >= 11 is 0. The summed E-state index contributed by atoms with van der Waals surface area (Å²) in [5.41, 5.74) is 0.896. The molecule has 1 aromatic heterocycles. The second kappa shape index (κ2) is 5.06. The van der Waals surface area contributed by atoms with Crippen molar-refractivity contribution < 1.29 is 4.92 Å². The number of aromatic nitrogens is 1. The van der Waals surface area contributed by atoms with Crippen LogP contribution in [0.1, 0.15) is 18.5 Å². The number of hydrazine groups is 1. The van der Waals surface area contributed by atoms with Crippen LogP contribution in [0.3, 0.4) is 0 Å². The molecular formula is C9H12N4O2. The van der Waals surface area contributed by atoms with Gasteiger partial charge in [0.2, 0.25) is 0 Å². The molecule has 0 spiro atoms. The van der Waals surface area contributed by atoms with Crippen molar-refractivity contribution in [1.82, 2.24) is 9.99 Å². The van der Waals surface area contributed by atoms with Gasteiger partial charge in [-0.25, -0.2) is 5.84 Å². The summed E-state index contributed by atoms with van der Waals surface area (Å²) in [5, 5.41) is 11.4. The van der Waals surface area contributed by atoms with E-state index < -0.39 is 4.92 Å². The van der Waals surface area contributed by atoms with Crippen LogP contribution >= 0.6 is 0 Å². The maximum atomic E-state index is 10.1. The Morgan fingerprint density at radius 2 is 2.47 bits per heavy atom. The molecule has 1 aromatic rings. The molecule has 0 aliphatic carbocycles. The molecule has 0 aliphatic rings. The first-order chi connectivity index (χ1) is 7.11. The van der Waals surface area contributed by atoms with Gasteiger partial charge in [-0.05, 0) is 18.6 Å². The van der Waals surface area contributed by atoms with E-state index in [0.717, 1.165) is 11.8 Å². The van der Waals surface area contributed by atoms with Gasteiger partial charge in [-0.15, -0.1) is 0 Å². The molecule has 80 valence electrons. The van der Waals surface area contributed by atoms with E-state index in [2.05, 4.69) is 4.98 Å². The molecule has 0 amide bonds. The molecule has 0 saturated heterocycles. The zero-order valence-corrected chi connectivity index (χ0v) is 8.28. The highest BCUT2D eigenvalue weighted by molar-refractivity contribution is 5.13. The minimum atomic E-state index is -0.560. The van der Waals surface area contributed by atoms with Crippen LogP contribution in [-0.2, 0) is 0 Å². The number of rotatable bonds is 4. The van der Waals surface area contributed by atoms with Gasteiger partial charge in [0.25, 0.3) is 6.20 Å². The van der Waals surface area contributed by atoms with E-state index >= 15 is 0 Å². The van der Waals surface area contributed by atoms with E-state index in [1.807, 2.05) is 13.0 Å². The van der Waals surface area contributed by atoms with Crippen LogP contribution in [0.5, 0.6) is 0 Å². The Bertz CT molecular complexity index is 352. The summed E-state index contributed by atoms with van der Waals surface area (Å²) in [4.78, 5) is 13.5. The highest BCUT2D eigenvalue weighted by Crippen LogP contribution is 2.15. The molecule has 0 radical (unpaired) electrons. The zero-order valence-electron chi connectivity index (χ0n) is 8.28. The predicted octanol–water partition coefficient (Wildman–Crippen LogP) is 1.07. The summed E-state index contributed by atoms with van der Waals surface area (Å²) in [5.74, 6) is 5.61. The third-order valence-electron chi connectivity index (χ3n) is 1.97. The Morgan fingerprint density at radius 1 is 1.73 bits per heavy atom. The van der Waals surface area contributed by atoms with Crippen LogP contribution in [0.15, 0.2) is 36.9 Å². The highest BCUT2D eigenvalue weighted by atomic mass is 16.6. The van der Waals surface area contributed by atoms with Gasteiger partial charge in [-0.3, -0.25) is 15.1 Å². The third-order valence-corrected chi connectivity index (χ3v) is 1.97. The number of hydrogen-bond donors (Lipinski definition) is 1. The van der Waals surface area contributed by atoms with E-state index in [4.69, 9.17) is 5.84 Å². The molecule has 6 nitrogen and oxygen atoms in total. The van der Waals surface area contributed by atoms with E-state index in [9.17, 15) is 10.1 Å². The Kier molecular flexibility index (Phi) is 3.75. The number of pyridine rings is 1. The Labute approximate surface area is 87.1 Å². The lowest BCUT2D eigenvalue weighted by Crippen LogP contribution is -2.28. The van der Waals surface area contributed by atoms with Crippen LogP contribution in [0.2, 0.25) is 0 Å². The average molecular weight is 208 g/mol. The molecule has 0 fully saturated rings. The SMILES string of the molecule is CC(c1cccnc1)N(N)/C=C/[N+](=O)[O-]. The highest BCUT2D eigenvalue weighted by Gasteiger charge is 2.09. The fraction of sp³-hybridized carbons (Fsp3) is 0.222. The van der Waals surface area contributed by atoms with E-state index in [1.165, 1.54) is 11.2 Å². The molecule has 0 aromatic carbocycles. The minimum Gasteiger partial charge on any atom is -0.305 e. The van der Waals surface area contributed by atoms with Crippen molar-refractivity contribution >= 4 is 0 Å². The number of nitrogens with zero attached hydrogens (tertiary/aromatic N) is 3. The summed E-state index contributed by atoms with van der Waals surface area (Å²) in [6.45, 7) is 1.83. The minimum absolute atomic E-state index is 0.158. The van der Waals surface area contributed by atoms with Gasteiger partial charge in [0.15, 0.2) is 0 Å². The largest absolute Gasteiger partial charge is 0.305 e. The summed E-state index contributed by atoms with van der Waals surface area (Å²) < 4.78 is 0. The second-order valence-corrected chi connectivity index (χ2v) is 2.99. The summed E-state index contributed by atoms with van der Waals surface area (Å²) in [6, 6.07) is 3.49. The van der Waals surface area contributed by atoms with Gasteiger partial charge in [-0.2, -0.15) is 0 Å². The van der Waals surface area contributed by atoms with Crippen LogP contribution < -0.4 is 5.84 Å². The lowest BCUT2D eigenvalue weighted by atomic mass is 10.1. The molecule has 1 heterocycles. The van der Waals surface area contributed by atoms with Crippen LogP contribution in [-0.4, -0.2) is 14.9 Å². The maximum absolute atomic E-state index is 10.1. The summed E-state index contributed by atoms with van der Waals surface area (Å²) in [6.07, 6.45) is 5.35. The number of hydrogen-bond acceptors (Lipinski definition) is 5. The zero-order chi connectivity index (χ0) is 11.3. The van der Waals surface area contributed by atoms with E-state index in [1.54, 1.807) is 18.5 Å². The van der Waals surface area contributed by atoms with Crippen molar-refractivity contribution in [2.45, 2.75) is 13.0 Å². The molecule has 0 bridgehead atoms. The lowest BCUT2D eigenvalue weighted by molar-refractivity contribution is -0.403. The van der Waals surface area contributed by atoms with Crippen molar-refractivity contribution in [3.63, 3.8) is 0 Å². The van der Waals surface area contributed by atoms with Gasteiger partial charge in [-0.1, -0.05) is 6.07 Å². The smallest absolute Gasteiger partial charge is 0.251 e. The first kappa shape index (κ1) is 11.1. The van der Waals surface area contributed by atoms with Crippen LogP contribution in [0.25, 0.3) is 0 Å². The number of nitrogens with two attached hydrogens (primary N) is 1. The van der Waals surface area contributed by atoms with Gasteiger partial charge >= 0.3 is 0 Å². The molecule has 2 N–H and O–H groups in total. The standard InChI is InChI=1S/C9H12N4O2/c1-8(9-3-2-4-11-7-9)12(10)5-6-13(14)15/h2-8H,10H2,1H3/b6-5+. The Balaban J connectivity index is 2.69. The van der Waals surface area contributed by atoms with Crippen molar-refractivity contribution in [2.75, 3.05) is 0 Å². The third kappa shape index (κ3) is 3.35. The number of nitro groups is 1. The fourth-order valence-corrected chi connectivity index (χ4v) is 1.06. The molecule has 15 heavy (non-hydrogen) atoms. The maximum Gasteiger partial charge on any atom is 0.251 e. The topological polar surface area (TPSA) is 85.3 Å². The second-order valence-electron chi connectivity index (χ2n) is 2.99. The molecule has 6 heteroatoms. The van der Waals surface area contributed by atoms with E-state index in [0.29, 0.717) is 0 Å². The lowest BCUT2D eigenvalue weighted by Gasteiger charge is -2.21. The quantitative estimate of drug-likeness (QED) is 0.454. The predicted molar refractivity (Wildman–Crippen MR) is 54.8 cm³/mol. The molecule has 1 unspecified atom stereocenters. The first-order valence-corrected chi connectivity index (χ1v) is 4.36. The normalized spacial score (nSPS) is 12.7. The van der Waals surface area contributed by atoms with Crippen molar-refractivity contribution in [3.05, 3.63) is 52.6 Å². The fourth-order valence-electron chi connectivity index (χ4n) is 1.06. The monoisotopic (exact) mass is 208 g/mol. The average Bonchev–Trinajstić information content (AvgIpc) is 2.26. The molecule has 1 atom stereocenters. The van der Waals surface area contributed by atoms with E-state index in [-0.39, 0.29) is 6.04 Å². The van der Waals surface area contributed by atoms with Crippen LogP contribution in [0.4, 0.5) is 0 Å². The molecule has 1 rings (SSSR count). The first-order valence-electron chi connectivity index (χ1n) is 4.36.